The Hall–Kier alpha value is -0.760. The third kappa shape index (κ3) is 31.9. The first-order valence-electron chi connectivity index (χ1n) is 13.2. The Morgan fingerprint density at radius 2 is 1.20 bits per heavy atom. The van der Waals surface area contributed by atoms with Crippen molar-refractivity contribution < 1.29 is 0 Å². The van der Waals surface area contributed by atoms with Gasteiger partial charge in [0.2, 0.25) is 0 Å². The maximum atomic E-state index is 3.78. The molecule has 0 aliphatic carbocycles. The zero-order chi connectivity index (χ0) is 24.2. The predicted octanol–water partition coefficient (Wildman–Crippen LogP) is 9.23. The smallest absolute Gasteiger partial charge is 0.0290 e. The van der Waals surface area contributed by atoms with E-state index in [9.17, 15) is 0 Å². The van der Waals surface area contributed by atoms with Gasteiger partial charge in [-0.05, 0) is 38.3 Å². The molecule has 1 saturated heterocycles. The van der Waals surface area contributed by atoms with Gasteiger partial charge in [0, 0.05) is 25.3 Å². The van der Waals surface area contributed by atoms with E-state index in [0.717, 1.165) is 30.2 Å². The van der Waals surface area contributed by atoms with Crippen LogP contribution < -0.4 is 5.32 Å². The molecule has 0 aromatic carbocycles. The van der Waals surface area contributed by atoms with E-state index in [0.29, 0.717) is 0 Å². The van der Waals surface area contributed by atoms with Gasteiger partial charge in [-0.3, -0.25) is 0 Å². The minimum Gasteiger partial charge on any atom is -0.385 e. The summed E-state index contributed by atoms with van der Waals surface area (Å²) in [6.45, 7) is 30.1. The maximum Gasteiger partial charge on any atom is 0.0290 e. The van der Waals surface area contributed by atoms with Gasteiger partial charge in [0.15, 0.2) is 0 Å². The Bertz CT molecular complexity index is 308. The van der Waals surface area contributed by atoms with Gasteiger partial charge in [0.25, 0.3) is 0 Å². The van der Waals surface area contributed by atoms with Gasteiger partial charge in [0.1, 0.15) is 0 Å². The van der Waals surface area contributed by atoms with Crippen LogP contribution in [0.15, 0.2) is 24.4 Å². The lowest BCUT2D eigenvalue weighted by atomic mass is 9.96. The molecule has 184 valence electrons. The number of hydrogen-bond donors (Lipinski definition) is 1. The highest BCUT2D eigenvalue weighted by molar-refractivity contribution is 5.20. The molecule has 2 heteroatoms. The third-order valence-electron chi connectivity index (χ3n) is 4.65. The molecular weight excluding hydrogens is 364 g/mol. The molecule has 30 heavy (non-hydrogen) atoms. The lowest BCUT2D eigenvalue weighted by Gasteiger charge is -2.35. The van der Waals surface area contributed by atoms with Crippen molar-refractivity contribution in [3.63, 3.8) is 0 Å². The topological polar surface area (TPSA) is 15.3 Å². The third-order valence-corrected chi connectivity index (χ3v) is 4.65. The summed E-state index contributed by atoms with van der Waals surface area (Å²) in [6.07, 6.45) is 13.9. The lowest BCUT2D eigenvalue weighted by molar-refractivity contribution is 0.126. The van der Waals surface area contributed by atoms with E-state index in [4.69, 9.17) is 0 Å². The number of allylic oxidation sites excluding steroid dienone is 1. The first-order valence-corrected chi connectivity index (χ1v) is 13.2. The molecule has 1 rings (SSSR count). The average Bonchev–Trinajstić information content (AvgIpc) is 2.75. The number of nitrogens with zero attached hydrogens (tertiary/aromatic N) is 1. The molecule has 0 unspecified atom stereocenters. The molecule has 1 fully saturated rings. The highest BCUT2D eigenvalue weighted by Gasteiger charge is 2.21. The van der Waals surface area contributed by atoms with Crippen molar-refractivity contribution in [2.75, 3.05) is 26.7 Å². The number of unbranched alkanes of at least 4 members (excludes halogenated alkanes) is 6. The Balaban J connectivity index is -0.000000156. The molecule has 0 atom stereocenters. The van der Waals surface area contributed by atoms with Crippen LogP contribution in [0.1, 0.15) is 127 Å². The predicted molar refractivity (Wildman–Crippen MR) is 145 cm³/mol. The summed E-state index contributed by atoms with van der Waals surface area (Å²) >= 11 is 0. The van der Waals surface area contributed by atoms with E-state index >= 15 is 0 Å². The van der Waals surface area contributed by atoms with Gasteiger partial charge in [0.05, 0.1) is 0 Å². The van der Waals surface area contributed by atoms with Gasteiger partial charge in [-0.25, -0.2) is 0 Å². The van der Waals surface area contributed by atoms with E-state index in [2.05, 4.69) is 58.1 Å². The fourth-order valence-corrected chi connectivity index (χ4v) is 2.88. The summed E-state index contributed by atoms with van der Waals surface area (Å²) in [6, 6.07) is 0. The van der Waals surface area contributed by atoms with Gasteiger partial charge in [-0.15, -0.1) is 0 Å². The molecule has 1 heterocycles. The molecule has 0 spiro atoms. The maximum absolute atomic E-state index is 3.78. The van der Waals surface area contributed by atoms with E-state index < -0.39 is 0 Å². The van der Waals surface area contributed by atoms with Crippen molar-refractivity contribution in [2.45, 2.75) is 127 Å². The second kappa shape index (κ2) is 32.9. The monoisotopic (exact) mass is 426 g/mol. The second-order valence-corrected chi connectivity index (χ2v) is 7.83. The fraction of sp³-hybridized carbons (Fsp3) is 0.857. The molecule has 0 radical (unpaired) electrons. The Kier molecular flexibility index (Phi) is 40.1. The highest BCUT2D eigenvalue weighted by atomic mass is 15.2. The van der Waals surface area contributed by atoms with Crippen LogP contribution in [0.25, 0.3) is 0 Å². The lowest BCUT2D eigenvalue weighted by Crippen LogP contribution is -2.43. The zero-order valence-electron chi connectivity index (χ0n) is 23.1. The highest BCUT2D eigenvalue weighted by Crippen LogP contribution is 2.17. The molecule has 1 aliphatic rings. The summed E-state index contributed by atoms with van der Waals surface area (Å²) in [5.74, 6) is 1.03. The first kappa shape index (κ1) is 36.6. The SMILES string of the molecule is C=C(C)C(=C)NCCC.CC.CC.CCCC1CN(C)C1.CCCCCCCCC. The molecule has 2 nitrogen and oxygen atoms in total. The molecular formula is C28H62N2. The molecule has 0 bridgehead atoms. The van der Waals surface area contributed by atoms with E-state index in [1.165, 1.54) is 70.9 Å². The van der Waals surface area contributed by atoms with Crippen LogP contribution in [-0.2, 0) is 0 Å². The average molecular weight is 427 g/mol. The van der Waals surface area contributed by atoms with Crippen molar-refractivity contribution in [3.05, 3.63) is 24.4 Å². The van der Waals surface area contributed by atoms with Crippen LogP contribution in [-0.4, -0.2) is 31.6 Å². The standard InChI is InChI=1S/C9H20.C8H15N.C7H15N.2C2H6/c1-3-5-7-9-8-6-4-2;1-5-6-9-8(4)7(2)3;1-3-4-7-5-8(2)6-7;2*1-2/h3-9H2,1-2H3;9H,2,4-6H2,1,3H3;7H,3-6H2,1-2H3;2*1-2H3. The number of rotatable bonds is 12. The van der Waals surface area contributed by atoms with Crippen LogP contribution in [0, 0.1) is 5.92 Å². The number of nitrogens with one attached hydrogen (secondary N) is 1. The van der Waals surface area contributed by atoms with Gasteiger partial charge in [-0.2, -0.15) is 0 Å². The van der Waals surface area contributed by atoms with Crippen molar-refractivity contribution in [1.82, 2.24) is 10.2 Å². The van der Waals surface area contributed by atoms with Crippen molar-refractivity contribution in [1.29, 1.82) is 0 Å². The van der Waals surface area contributed by atoms with E-state index in [-0.39, 0.29) is 0 Å². The van der Waals surface area contributed by atoms with Gasteiger partial charge < -0.3 is 10.2 Å². The van der Waals surface area contributed by atoms with E-state index in [1.807, 2.05) is 34.6 Å². The van der Waals surface area contributed by atoms with Crippen molar-refractivity contribution >= 4 is 0 Å². The summed E-state index contributed by atoms with van der Waals surface area (Å²) in [5.41, 5.74) is 1.97. The minimum absolute atomic E-state index is 0.955. The normalized spacial score (nSPS) is 12.2. The summed E-state index contributed by atoms with van der Waals surface area (Å²) in [4.78, 5) is 2.38. The van der Waals surface area contributed by atoms with Crippen LogP contribution in [0.4, 0.5) is 0 Å². The Labute approximate surface area is 194 Å². The molecule has 0 amide bonds. The van der Waals surface area contributed by atoms with Crippen molar-refractivity contribution in [3.8, 4) is 0 Å². The number of hydrogen-bond acceptors (Lipinski definition) is 2. The van der Waals surface area contributed by atoms with E-state index in [1.54, 1.807) is 0 Å². The quantitative estimate of drug-likeness (QED) is 0.247. The molecule has 1 aliphatic heterocycles. The van der Waals surface area contributed by atoms with Gasteiger partial charge in [-0.1, -0.05) is 120 Å². The second-order valence-electron chi connectivity index (χ2n) is 7.83. The van der Waals surface area contributed by atoms with Crippen LogP contribution in [0.5, 0.6) is 0 Å². The minimum atomic E-state index is 0.955. The summed E-state index contributed by atoms with van der Waals surface area (Å²) in [7, 11) is 2.19. The Morgan fingerprint density at radius 1 is 0.767 bits per heavy atom. The number of likely N-dealkylation sites (tertiary alicyclic amines) is 1. The Morgan fingerprint density at radius 3 is 1.50 bits per heavy atom. The molecule has 0 aromatic heterocycles. The summed E-state index contributed by atoms with van der Waals surface area (Å²) in [5, 5.41) is 3.14. The molecule has 0 saturated carbocycles. The van der Waals surface area contributed by atoms with Crippen LogP contribution >= 0.6 is 0 Å². The fourth-order valence-electron chi connectivity index (χ4n) is 2.88. The van der Waals surface area contributed by atoms with Gasteiger partial charge >= 0.3 is 0 Å². The first-order chi connectivity index (χ1) is 14.4. The van der Waals surface area contributed by atoms with Crippen molar-refractivity contribution in [2.24, 2.45) is 5.92 Å². The van der Waals surface area contributed by atoms with Crippen LogP contribution in [0.2, 0.25) is 0 Å². The zero-order valence-corrected chi connectivity index (χ0v) is 23.1. The molecule has 0 aromatic rings. The summed E-state index contributed by atoms with van der Waals surface area (Å²) < 4.78 is 0. The van der Waals surface area contributed by atoms with Crippen LogP contribution in [0.3, 0.4) is 0 Å². The molecule has 1 N–H and O–H groups in total. The largest absolute Gasteiger partial charge is 0.385 e.